The van der Waals surface area contributed by atoms with Crippen LogP contribution < -0.4 is 9.62 Å². The molecule has 2 amide bonds. The maximum Gasteiger partial charge on any atom is 0.264 e. The van der Waals surface area contributed by atoms with Gasteiger partial charge in [-0.2, -0.15) is 0 Å². The van der Waals surface area contributed by atoms with E-state index in [2.05, 4.69) is 5.32 Å². The molecule has 0 unspecified atom stereocenters. The first-order valence-corrected chi connectivity index (χ1v) is 12.4. The molecule has 0 fully saturated rings. The molecular formula is C25H26ClN3O4S. The fraction of sp³-hybridized carbons (Fsp3) is 0.200. The Kier molecular flexibility index (Phi) is 8.31. The Balaban J connectivity index is 1.99. The molecule has 0 aliphatic carbocycles. The summed E-state index contributed by atoms with van der Waals surface area (Å²) in [6.45, 7) is 1.20. The van der Waals surface area contributed by atoms with Gasteiger partial charge >= 0.3 is 0 Å². The minimum absolute atomic E-state index is 0.0624. The minimum Gasteiger partial charge on any atom is -0.357 e. The maximum absolute atomic E-state index is 13.6. The van der Waals surface area contributed by atoms with E-state index in [4.69, 9.17) is 11.6 Å². The third-order valence-electron chi connectivity index (χ3n) is 5.31. The number of hydrogen-bond donors (Lipinski definition) is 1. The monoisotopic (exact) mass is 499 g/mol. The van der Waals surface area contributed by atoms with Crippen molar-refractivity contribution in [2.75, 3.05) is 17.9 Å². The molecule has 7 nitrogen and oxygen atoms in total. The number of likely N-dealkylation sites (N-methyl/N-ethyl adjacent to an activating group) is 1. The predicted molar refractivity (Wildman–Crippen MR) is 133 cm³/mol. The Bertz CT molecular complexity index is 1240. The Hall–Kier alpha value is -3.36. The van der Waals surface area contributed by atoms with Crippen LogP contribution >= 0.6 is 11.6 Å². The molecule has 0 aliphatic heterocycles. The lowest BCUT2D eigenvalue weighted by atomic mass is 10.1. The standard InChI is InChI=1S/C25H26ClN3O4S/c1-19(25(31)27-2)28(17-20-10-9-11-21(26)16-20)24(30)18-29(22-12-5-3-6-13-22)34(32,33)23-14-7-4-8-15-23/h3-16,19H,17-18H2,1-2H3,(H,27,31)/t19-/m0/s1. The summed E-state index contributed by atoms with van der Waals surface area (Å²) in [6.07, 6.45) is 0. The molecule has 0 aromatic heterocycles. The van der Waals surface area contributed by atoms with Crippen LogP contribution in [0.15, 0.2) is 89.8 Å². The molecule has 1 atom stereocenters. The molecule has 0 saturated heterocycles. The topological polar surface area (TPSA) is 86.8 Å². The third kappa shape index (κ3) is 5.95. The lowest BCUT2D eigenvalue weighted by molar-refractivity contribution is -0.139. The zero-order valence-electron chi connectivity index (χ0n) is 18.9. The van der Waals surface area contributed by atoms with Crippen molar-refractivity contribution in [2.24, 2.45) is 0 Å². The highest BCUT2D eigenvalue weighted by molar-refractivity contribution is 7.92. The SMILES string of the molecule is CNC(=O)[C@H](C)N(Cc1cccc(Cl)c1)C(=O)CN(c1ccccc1)S(=O)(=O)c1ccccc1. The normalized spacial score (nSPS) is 12.0. The number of benzene rings is 3. The lowest BCUT2D eigenvalue weighted by Crippen LogP contribution is -2.50. The highest BCUT2D eigenvalue weighted by Crippen LogP contribution is 2.24. The summed E-state index contributed by atoms with van der Waals surface area (Å²) in [5, 5.41) is 3.04. The molecule has 34 heavy (non-hydrogen) atoms. The van der Waals surface area contributed by atoms with Crippen molar-refractivity contribution in [3.8, 4) is 0 Å². The maximum atomic E-state index is 13.6. The molecule has 0 aliphatic rings. The number of para-hydroxylation sites is 1. The summed E-state index contributed by atoms with van der Waals surface area (Å²) in [7, 11) is -2.57. The number of amides is 2. The molecule has 0 spiro atoms. The lowest BCUT2D eigenvalue weighted by Gasteiger charge is -2.31. The first kappa shape index (κ1) is 25.3. The van der Waals surface area contributed by atoms with Crippen molar-refractivity contribution < 1.29 is 18.0 Å². The number of anilines is 1. The largest absolute Gasteiger partial charge is 0.357 e. The van der Waals surface area contributed by atoms with E-state index < -0.39 is 28.5 Å². The number of nitrogens with one attached hydrogen (secondary N) is 1. The zero-order valence-corrected chi connectivity index (χ0v) is 20.5. The molecule has 3 aromatic rings. The number of rotatable bonds is 9. The third-order valence-corrected chi connectivity index (χ3v) is 7.33. The average molecular weight is 500 g/mol. The number of halogens is 1. The van der Waals surface area contributed by atoms with E-state index in [0.717, 1.165) is 4.31 Å². The minimum atomic E-state index is -4.05. The van der Waals surface area contributed by atoms with Crippen molar-refractivity contribution in [1.82, 2.24) is 10.2 Å². The molecule has 9 heteroatoms. The molecule has 3 rings (SSSR count). The van der Waals surface area contributed by atoms with Crippen LogP contribution in [0.25, 0.3) is 0 Å². The van der Waals surface area contributed by atoms with Crippen molar-refractivity contribution in [3.05, 3.63) is 95.5 Å². The van der Waals surface area contributed by atoms with Gasteiger partial charge in [0.05, 0.1) is 10.6 Å². The van der Waals surface area contributed by atoms with Gasteiger partial charge in [-0.1, -0.05) is 60.1 Å². The summed E-state index contributed by atoms with van der Waals surface area (Å²) >= 11 is 6.10. The fourth-order valence-electron chi connectivity index (χ4n) is 3.47. The van der Waals surface area contributed by atoms with Gasteiger partial charge in [-0.3, -0.25) is 13.9 Å². The highest BCUT2D eigenvalue weighted by Gasteiger charge is 2.32. The number of carbonyl (C=O) groups is 2. The van der Waals surface area contributed by atoms with E-state index in [-0.39, 0.29) is 17.3 Å². The number of carbonyl (C=O) groups excluding carboxylic acids is 2. The van der Waals surface area contributed by atoms with E-state index in [0.29, 0.717) is 16.3 Å². The molecular weight excluding hydrogens is 474 g/mol. The molecule has 3 aromatic carbocycles. The van der Waals surface area contributed by atoms with E-state index in [9.17, 15) is 18.0 Å². The van der Waals surface area contributed by atoms with E-state index >= 15 is 0 Å². The molecule has 0 heterocycles. The summed E-state index contributed by atoms with van der Waals surface area (Å²) in [5.41, 5.74) is 1.06. The van der Waals surface area contributed by atoms with Crippen LogP contribution in [-0.4, -0.2) is 44.8 Å². The van der Waals surface area contributed by atoms with Crippen molar-refractivity contribution in [2.45, 2.75) is 24.4 Å². The van der Waals surface area contributed by atoms with Crippen LogP contribution in [0.1, 0.15) is 12.5 Å². The van der Waals surface area contributed by atoms with Crippen LogP contribution in [0.3, 0.4) is 0 Å². The number of nitrogens with zero attached hydrogens (tertiary/aromatic N) is 2. The zero-order chi connectivity index (χ0) is 24.7. The number of sulfonamides is 1. The van der Waals surface area contributed by atoms with Gasteiger partial charge in [-0.15, -0.1) is 0 Å². The quantitative estimate of drug-likeness (QED) is 0.486. The summed E-state index contributed by atoms with van der Waals surface area (Å²) in [5.74, 6) is -0.896. The summed E-state index contributed by atoms with van der Waals surface area (Å²) in [6, 6.07) is 22.4. The second kappa shape index (κ2) is 11.2. The van der Waals surface area contributed by atoms with Crippen molar-refractivity contribution in [1.29, 1.82) is 0 Å². The van der Waals surface area contributed by atoms with Gasteiger partial charge in [-0.05, 0) is 48.9 Å². The average Bonchev–Trinajstić information content (AvgIpc) is 2.85. The van der Waals surface area contributed by atoms with E-state index in [1.807, 2.05) is 0 Å². The molecule has 0 bridgehead atoms. The summed E-state index contributed by atoms with van der Waals surface area (Å²) in [4.78, 5) is 27.4. The molecule has 178 valence electrons. The van der Waals surface area contributed by atoms with Crippen molar-refractivity contribution in [3.63, 3.8) is 0 Å². The van der Waals surface area contributed by atoms with E-state index in [1.54, 1.807) is 79.7 Å². The first-order valence-electron chi connectivity index (χ1n) is 10.6. The van der Waals surface area contributed by atoms with Gasteiger partial charge in [0.25, 0.3) is 10.0 Å². The fourth-order valence-corrected chi connectivity index (χ4v) is 5.11. The Morgan fingerprint density at radius 3 is 2.15 bits per heavy atom. The second-order valence-electron chi connectivity index (χ2n) is 7.60. The van der Waals surface area contributed by atoms with Gasteiger partial charge in [-0.25, -0.2) is 8.42 Å². The van der Waals surface area contributed by atoms with Gasteiger partial charge in [0, 0.05) is 18.6 Å². The van der Waals surface area contributed by atoms with Crippen LogP contribution in [0.5, 0.6) is 0 Å². The van der Waals surface area contributed by atoms with Gasteiger partial charge in [0.2, 0.25) is 11.8 Å². The van der Waals surface area contributed by atoms with Gasteiger partial charge < -0.3 is 10.2 Å². The van der Waals surface area contributed by atoms with Crippen molar-refractivity contribution >= 4 is 39.1 Å². The van der Waals surface area contributed by atoms with E-state index in [1.165, 1.54) is 24.1 Å². The number of hydrogen-bond acceptors (Lipinski definition) is 4. The van der Waals surface area contributed by atoms with Crippen LogP contribution in [0.2, 0.25) is 5.02 Å². The van der Waals surface area contributed by atoms with Crippen LogP contribution in [0, 0.1) is 0 Å². The Morgan fingerprint density at radius 1 is 0.941 bits per heavy atom. The van der Waals surface area contributed by atoms with Crippen LogP contribution in [0.4, 0.5) is 5.69 Å². The molecule has 0 radical (unpaired) electrons. The smallest absolute Gasteiger partial charge is 0.264 e. The van der Waals surface area contributed by atoms with Crippen LogP contribution in [-0.2, 0) is 26.2 Å². The molecule has 0 saturated carbocycles. The second-order valence-corrected chi connectivity index (χ2v) is 9.90. The predicted octanol–water partition coefficient (Wildman–Crippen LogP) is 3.70. The Morgan fingerprint density at radius 2 is 1.56 bits per heavy atom. The molecule has 1 N–H and O–H groups in total. The Labute approximate surface area is 205 Å². The highest BCUT2D eigenvalue weighted by atomic mass is 35.5. The van der Waals surface area contributed by atoms with Gasteiger partial charge in [0.1, 0.15) is 12.6 Å². The van der Waals surface area contributed by atoms with Gasteiger partial charge in [0.15, 0.2) is 0 Å². The summed E-state index contributed by atoms with van der Waals surface area (Å²) < 4.78 is 28.1. The first-order chi connectivity index (χ1) is 16.2.